The molecule has 3 N–H and O–H groups in total. The summed E-state index contributed by atoms with van der Waals surface area (Å²) in [4.78, 5) is 17.6. The molecule has 4 rings (SSSR count). The number of aliphatic imine (C=N–C) groups is 1. The number of nitrogens with zero attached hydrogens (tertiary/aromatic N) is 4. The van der Waals surface area contributed by atoms with Crippen LogP contribution in [-0.4, -0.2) is 61.7 Å². The number of rotatable bonds is 4. The Morgan fingerprint density at radius 2 is 1.90 bits per heavy atom. The summed E-state index contributed by atoms with van der Waals surface area (Å²) in [5, 5.41) is 11.2. The molecule has 0 aliphatic carbocycles. The maximum atomic E-state index is 15.1. The number of aromatic nitrogens is 2. The molecular weight excluding hydrogens is 641 g/mol. The Morgan fingerprint density at radius 3 is 2.44 bits per heavy atom. The highest BCUT2D eigenvalue weighted by atomic mass is 79.9. The summed E-state index contributed by atoms with van der Waals surface area (Å²) in [6.45, 7) is 4.08. The van der Waals surface area contributed by atoms with E-state index in [9.17, 15) is 21.8 Å². The molecule has 1 aliphatic rings. The molecular formula is C25H25BrF5N5O4S. The number of benzene rings is 1. The highest BCUT2D eigenvalue weighted by Gasteiger charge is 2.50. The first-order valence-electron chi connectivity index (χ1n) is 11.6. The van der Waals surface area contributed by atoms with E-state index < -0.39 is 44.7 Å². The summed E-state index contributed by atoms with van der Waals surface area (Å²) in [5.41, 5.74) is 6.76. The molecule has 0 amide bonds. The molecule has 0 saturated heterocycles. The molecule has 0 spiro atoms. The average Bonchev–Trinajstić information content (AvgIpc) is 3.37. The molecule has 222 valence electrons. The summed E-state index contributed by atoms with van der Waals surface area (Å²) in [6.07, 6.45) is -3.43. The SMILES string of the molecule is CN=[S@@]1(=O)C[C@@](CF)(c2cc(-c3cc(-c4ncc(Br)cc4C)no3)ccc2F)N=C(N)C1(C)C.O=C(O)C(F)(F)F. The topological polar surface area (TPSA) is 144 Å². The third-order valence-electron chi connectivity index (χ3n) is 6.49. The van der Waals surface area contributed by atoms with Gasteiger partial charge in [0.1, 0.15) is 34.3 Å². The van der Waals surface area contributed by atoms with Crippen molar-refractivity contribution in [2.75, 3.05) is 19.5 Å². The third-order valence-corrected chi connectivity index (χ3v) is 10.2. The van der Waals surface area contributed by atoms with Crippen LogP contribution in [-0.2, 0) is 20.1 Å². The van der Waals surface area contributed by atoms with Crippen LogP contribution in [0.25, 0.3) is 22.7 Å². The molecule has 2 atom stereocenters. The van der Waals surface area contributed by atoms with E-state index in [1.807, 2.05) is 13.0 Å². The fourth-order valence-corrected chi connectivity index (χ4v) is 6.71. The van der Waals surface area contributed by atoms with Crippen LogP contribution in [0.3, 0.4) is 0 Å². The number of alkyl halides is 4. The van der Waals surface area contributed by atoms with Gasteiger partial charge in [-0.1, -0.05) is 5.16 Å². The van der Waals surface area contributed by atoms with Crippen molar-refractivity contribution in [3.05, 3.63) is 57.9 Å². The van der Waals surface area contributed by atoms with Gasteiger partial charge in [0, 0.05) is 34.9 Å². The number of amidine groups is 1. The lowest BCUT2D eigenvalue weighted by molar-refractivity contribution is -0.192. The summed E-state index contributed by atoms with van der Waals surface area (Å²) in [7, 11) is -1.65. The molecule has 9 nitrogen and oxygen atoms in total. The second-order valence-electron chi connectivity index (χ2n) is 9.53. The van der Waals surface area contributed by atoms with Crippen molar-refractivity contribution < 1.29 is 40.6 Å². The standard InChI is InChI=1S/C23H24BrF2N5O2S.C2HF3O2/c1-13-7-15(24)10-29-20(13)18-9-19(33-31-18)14-5-6-17(26)16(8-14)23(11-25)12-34(32,28-4)22(2,3)21(27)30-23;3-2(4,5)1(6)7/h5-10H,11-12H2,1-4H3,(H2,27,30);(H,6,7)/t23-,34+;/m0./s1. The zero-order valence-corrected chi connectivity index (χ0v) is 24.5. The van der Waals surface area contributed by atoms with E-state index in [0.29, 0.717) is 22.7 Å². The van der Waals surface area contributed by atoms with Crippen LogP contribution in [0.1, 0.15) is 25.0 Å². The first kappa shape index (κ1) is 32.1. The minimum absolute atomic E-state index is 0.0319. The molecule has 0 saturated carbocycles. The Bertz CT molecular complexity index is 1630. The Hall–Kier alpha value is -3.40. The van der Waals surface area contributed by atoms with Gasteiger partial charge in [-0.15, -0.1) is 0 Å². The Kier molecular flexibility index (Phi) is 8.98. The quantitative estimate of drug-likeness (QED) is 0.342. The molecule has 0 unspecified atom stereocenters. The van der Waals surface area contributed by atoms with Crippen molar-refractivity contribution in [1.82, 2.24) is 10.1 Å². The first-order valence-corrected chi connectivity index (χ1v) is 14.1. The lowest BCUT2D eigenvalue weighted by Gasteiger charge is -2.41. The zero-order chi connectivity index (χ0) is 31.0. The van der Waals surface area contributed by atoms with E-state index >= 15 is 4.39 Å². The predicted octanol–water partition coefficient (Wildman–Crippen LogP) is 5.66. The van der Waals surface area contributed by atoms with Crippen LogP contribution in [0.5, 0.6) is 0 Å². The third kappa shape index (κ3) is 6.27. The van der Waals surface area contributed by atoms with Gasteiger partial charge in [0.25, 0.3) is 0 Å². The van der Waals surface area contributed by atoms with Gasteiger partial charge in [-0.05, 0) is 66.5 Å². The molecule has 0 bridgehead atoms. The highest BCUT2D eigenvalue weighted by molar-refractivity contribution is 9.10. The maximum absolute atomic E-state index is 15.1. The van der Waals surface area contributed by atoms with Gasteiger partial charge < -0.3 is 15.4 Å². The number of carbonyl (C=O) groups is 1. The van der Waals surface area contributed by atoms with Crippen molar-refractivity contribution >= 4 is 37.5 Å². The van der Waals surface area contributed by atoms with Crippen LogP contribution < -0.4 is 5.73 Å². The maximum Gasteiger partial charge on any atom is 0.490 e. The number of carboxylic acids is 1. The smallest absolute Gasteiger partial charge is 0.475 e. The fourth-order valence-electron chi connectivity index (χ4n) is 4.00. The number of halogens is 6. The molecule has 0 fully saturated rings. The number of pyridine rings is 1. The summed E-state index contributed by atoms with van der Waals surface area (Å²) in [6, 6.07) is 7.71. The van der Waals surface area contributed by atoms with Gasteiger partial charge in [0.2, 0.25) is 0 Å². The Morgan fingerprint density at radius 1 is 1.27 bits per heavy atom. The van der Waals surface area contributed by atoms with Gasteiger partial charge >= 0.3 is 12.1 Å². The fraction of sp³-hybridized carbons (Fsp3) is 0.360. The van der Waals surface area contributed by atoms with Gasteiger partial charge in [-0.2, -0.15) is 13.2 Å². The number of carboxylic acid groups (broad SMARTS) is 1. The van der Waals surface area contributed by atoms with Crippen molar-refractivity contribution in [2.24, 2.45) is 15.1 Å². The van der Waals surface area contributed by atoms with Crippen LogP contribution in [0.4, 0.5) is 22.0 Å². The minimum Gasteiger partial charge on any atom is -0.475 e. The van der Waals surface area contributed by atoms with Crippen LogP contribution >= 0.6 is 15.9 Å². The van der Waals surface area contributed by atoms with E-state index in [1.165, 1.54) is 25.2 Å². The van der Waals surface area contributed by atoms with Crippen LogP contribution in [0.2, 0.25) is 0 Å². The first-order chi connectivity index (χ1) is 18.9. The predicted molar refractivity (Wildman–Crippen MR) is 146 cm³/mol. The van der Waals surface area contributed by atoms with Crippen LogP contribution in [0, 0.1) is 12.7 Å². The van der Waals surface area contributed by atoms with E-state index in [1.54, 1.807) is 26.1 Å². The lowest BCUT2D eigenvalue weighted by atomic mass is 9.90. The molecule has 0 radical (unpaired) electrons. The molecule has 3 heterocycles. The van der Waals surface area contributed by atoms with Gasteiger partial charge in [-0.3, -0.25) is 9.98 Å². The molecule has 3 aromatic rings. The minimum atomic E-state index is -5.08. The van der Waals surface area contributed by atoms with Gasteiger partial charge in [-0.25, -0.2) is 22.1 Å². The van der Waals surface area contributed by atoms with E-state index in [4.69, 9.17) is 20.2 Å². The number of hydrogen-bond acceptors (Lipinski definition) is 8. The highest BCUT2D eigenvalue weighted by Crippen LogP contribution is 2.41. The number of nitrogens with two attached hydrogens (primary N) is 1. The lowest BCUT2D eigenvalue weighted by Crippen LogP contribution is -2.56. The number of aryl methyl sites for hydroxylation is 1. The average molecular weight is 666 g/mol. The monoisotopic (exact) mass is 665 g/mol. The second-order valence-corrected chi connectivity index (χ2v) is 13.4. The Labute approximate surface area is 240 Å². The molecule has 2 aromatic heterocycles. The molecule has 1 aliphatic heterocycles. The van der Waals surface area contributed by atoms with Crippen molar-refractivity contribution in [2.45, 2.75) is 37.2 Å². The summed E-state index contributed by atoms with van der Waals surface area (Å²) >= 11 is 3.38. The molecule has 41 heavy (non-hydrogen) atoms. The zero-order valence-electron chi connectivity index (χ0n) is 22.1. The largest absolute Gasteiger partial charge is 0.490 e. The molecule has 16 heteroatoms. The molecule has 1 aromatic carbocycles. The summed E-state index contributed by atoms with van der Waals surface area (Å²) < 4.78 is 84.3. The Balaban J connectivity index is 0.000000587. The van der Waals surface area contributed by atoms with Gasteiger partial charge in [0.15, 0.2) is 5.76 Å². The second kappa shape index (κ2) is 11.5. The normalized spacial score (nSPS) is 21.9. The summed E-state index contributed by atoms with van der Waals surface area (Å²) in [5.74, 6) is -3.45. The number of aliphatic carboxylic acids is 1. The van der Waals surface area contributed by atoms with Crippen molar-refractivity contribution in [3.63, 3.8) is 0 Å². The van der Waals surface area contributed by atoms with Gasteiger partial charge in [0.05, 0.1) is 21.2 Å². The van der Waals surface area contributed by atoms with E-state index in [2.05, 4.69) is 35.4 Å². The van der Waals surface area contributed by atoms with E-state index in [0.717, 1.165) is 10.0 Å². The van der Waals surface area contributed by atoms with Crippen LogP contribution in [0.15, 0.2) is 54.9 Å². The number of hydrogen-bond donors (Lipinski definition) is 2. The van der Waals surface area contributed by atoms with E-state index in [-0.39, 0.29) is 17.2 Å². The van der Waals surface area contributed by atoms with Crippen molar-refractivity contribution in [3.8, 4) is 22.7 Å². The van der Waals surface area contributed by atoms with Crippen molar-refractivity contribution in [1.29, 1.82) is 0 Å².